The second-order valence-corrected chi connectivity index (χ2v) is 19.9. The largest absolute Gasteiger partial charge is 0.0870 e. The van der Waals surface area contributed by atoms with Crippen molar-refractivity contribution in [1.82, 2.24) is 0 Å². The SMILES string of the molecule is C/C=C\C1=C(C)CC(C)c2cc(C(C)C(C)c3ccc4c(c3)C(C)(C)c3cc(C)c5ccccc5c3-4)ccc21.CC.CC1=CC=C(C)CC1.CCC.Cc1cccc(C)c1.Cc1ccccc1. The summed E-state index contributed by atoms with van der Waals surface area (Å²) < 4.78 is 0. The van der Waals surface area contributed by atoms with E-state index in [1.807, 2.05) is 32.0 Å². The maximum absolute atomic E-state index is 2.53. The molecule has 0 N–H and O–H groups in total. The molecule has 9 rings (SSSR count). The van der Waals surface area contributed by atoms with Crippen LogP contribution in [0, 0.1) is 27.7 Å². The summed E-state index contributed by atoms with van der Waals surface area (Å²) in [5.41, 5.74) is 22.9. The molecule has 0 radical (unpaired) electrons. The second kappa shape index (κ2) is 25.6. The molecular formula is C67H86. The predicted molar refractivity (Wildman–Crippen MR) is 301 cm³/mol. The van der Waals surface area contributed by atoms with Gasteiger partial charge in [-0.2, -0.15) is 0 Å². The highest BCUT2D eigenvalue weighted by molar-refractivity contribution is 6.03. The molecule has 0 nitrogen and oxygen atoms in total. The molecule has 0 saturated carbocycles. The third-order valence-electron chi connectivity index (χ3n) is 13.7. The summed E-state index contributed by atoms with van der Waals surface area (Å²) in [6.07, 6.45) is 13.8. The van der Waals surface area contributed by atoms with Gasteiger partial charge in [-0.05, 0) is 159 Å². The fourth-order valence-corrected chi connectivity index (χ4v) is 9.65. The number of hydrogen-bond donors (Lipinski definition) is 0. The van der Waals surface area contributed by atoms with E-state index in [9.17, 15) is 0 Å². The number of rotatable bonds is 4. The van der Waals surface area contributed by atoms with Gasteiger partial charge in [0.1, 0.15) is 0 Å². The molecule has 354 valence electrons. The minimum atomic E-state index is -0.00688. The van der Waals surface area contributed by atoms with Gasteiger partial charge in [0.15, 0.2) is 0 Å². The fourth-order valence-electron chi connectivity index (χ4n) is 9.65. The van der Waals surface area contributed by atoms with E-state index in [4.69, 9.17) is 0 Å². The lowest BCUT2D eigenvalue weighted by molar-refractivity contribution is 0.614. The molecule has 3 unspecified atom stereocenters. The highest BCUT2D eigenvalue weighted by Crippen LogP contribution is 2.53. The molecule has 6 aromatic rings. The van der Waals surface area contributed by atoms with Crippen molar-refractivity contribution < 1.29 is 0 Å². The molecule has 0 aliphatic heterocycles. The van der Waals surface area contributed by atoms with Crippen molar-refractivity contribution >= 4 is 16.3 Å². The Balaban J connectivity index is 0.000000281. The Bertz CT molecular complexity index is 2620. The quantitative estimate of drug-likeness (QED) is 0.165. The normalized spacial score (nSPS) is 15.9. The molecular weight excluding hydrogens is 805 g/mol. The zero-order valence-electron chi connectivity index (χ0n) is 44.9. The summed E-state index contributed by atoms with van der Waals surface area (Å²) in [4.78, 5) is 0. The maximum Gasteiger partial charge on any atom is 0.0159 e. The molecule has 0 heterocycles. The number of fused-ring (bicyclic) bond motifs is 6. The fraction of sp³-hybridized carbons (Fsp3) is 0.373. The Morgan fingerprint density at radius 2 is 1.09 bits per heavy atom. The number of aryl methyl sites for hydroxylation is 4. The molecule has 6 aromatic carbocycles. The van der Waals surface area contributed by atoms with Crippen LogP contribution in [0.4, 0.5) is 0 Å². The van der Waals surface area contributed by atoms with Gasteiger partial charge < -0.3 is 0 Å². The zero-order chi connectivity index (χ0) is 49.4. The Morgan fingerprint density at radius 3 is 1.58 bits per heavy atom. The van der Waals surface area contributed by atoms with E-state index in [-0.39, 0.29) is 5.41 Å². The molecule has 3 aliphatic rings. The molecule has 0 heteroatoms. The lowest BCUT2D eigenvalue weighted by Gasteiger charge is -2.29. The van der Waals surface area contributed by atoms with E-state index in [1.165, 1.54) is 119 Å². The second-order valence-electron chi connectivity index (χ2n) is 19.9. The Hall–Kier alpha value is -5.46. The van der Waals surface area contributed by atoms with Gasteiger partial charge in [0, 0.05) is 5.41 Å². The summed E-state index contributed by atoms with van der Waals surface area (Å²) in [5.74, 6) is 1.43. The van der Waals surface area contributed by atoms with Crippen LogP contribution in [-0.2, 0) is 5.41 Å². The first-order valence-corrected chi connectivity index (χ1v) is 25.5. The predicted octanol–water partition coefficient (Wildman–Crippen LogP) is 20.6. The highest BCUT2D eigenvalue weighted by atomic mass is 14.4. The van der Waals surface area contributed by atoms with Crippen LogP contribution in [0.1, 0.15) is 189 Å². The number of hydrogen-bond acceptors (Lipinski definition) is 0. The van der Waals surface area contributed by atoms with Gasteiger partial charge in [-0.1, -0.05) is 248 Å². The summed E-state index contributed by atoms with van der Waals surface area (Å²) in [6.45, 7) is 37.6. The number of benzene rings is 6. The van der Waals surface area contributed by atoms with Crippen molar-refractivity contribution in [3.8, 4) is 11.1 Å². The van der Waals surface area contributed by atoms with Gasteiger partial charge in [0.25, 0.3) is 0 Å². The van der Waals surface area contributed by atoms with Crippen LogP contribution in [0.25, 0.3) is 27.5 Å². The summed E-state index contributed by atoms with van der Waals surface area (Å²) in [7, 11) is 0. The van der Waals surface area contributed by atoms with Gasteiger partial charge in [-0.3, -0.25) is 0 Å². The molecule has 0 saturated heterocycles. The van der Waals surface area contributed by atoms with Crippen molar-refractivity contribution in [2.45, 2.75) is 167 Å². The first-order chi connectivity index (χ1) is 32.0. The highest BCUT2D eigenvalue weighted by Gasteiger charge is 2.37. The maximum atomic E-state index is 2.53. The van der Waals surface area contributed by atoms with Crippen LogP contribution >= 0.6 is 0 Å². The lowest BCUT2D eigenvalue weighted by Crippen LogP contribution is -2.16. The van der Waals surface area contributed by atoms with E-state index >= 15 is 0 Å². The molecule has 3 aliphatic carbocycles. The lowest BCUT2D eigenvalue weighted by atomic mass is 9.76. The topological polar surface area (TPSA) is 0 Å². The smallest absolute Gasteiger partial charge is 0.0159 e. The van der Waals surface area contributed by atoms with Crippen LogP contribution in [0.2, 0.25) is 0 Å². The van der Waals surface area contributed by atoms with E-state index in [1.54, 1.807) is 0 Å². The third-order valence-corrected chi connectivity index (χ3v) is 13.7. The average Bonchev–Trinajstić information content (AvgIpc) is 3.54. The molecule has 0 spiro atoms. The molecule has 0 fully saturated rings. The average molecular weight is 891 g/mol. The van der Waals surface area contributed by atoms with E-state index in [0.717, 1.165) is 6.42 Å². The molecule has 0 amide bonds. The van der Waals surface area contributed by atoms with Crippen molar-refractivity contribution in [1.29, 1.82) is 0 Å². The van der Waals surface area contributed by atoms with Gasteiger partial charge >= 0.3 is 0 Å². The summed E-state index contributed by atoms with van der Waals surface area (Å²) in [6, 6.07) is 44.7. The van der Waals surface area contributed by atoms with E-state index < -0.39 is 0 Å². The van der Waals surface area contributed by atoms with Crippen LogP contribution in [-0.4, -0.2) is 0 Å². The number of allylic oxidation sites excluding steroid dienone is 8. The van der Waals surface area contributed by atoms with Gasteiger partial charge in [-0.15, -0.1) is 0 Å². The summed E-state index contributed by atoms with van der Waals surface area (Å²) in [5, 5.41) is 2.76. The Kier molecular flexibility index (Phi) is 20.7. The van der Waals surface area contributed by atoms with Crippen LogP contribution in [0.15, 0.2) is 162 Å². The van der Waals surface area contributed by atoms with E-state index in [2.05, 4.69) is 231 Å². The van der Waals surface area contributed by atoms with Crippen molar-refractivity contribution in [3.05, 3.63) is 218 Å². The van der Waals surface area contributed by atoms with Gasteiger partial charge in [0.05, 0.1) is 0 Å². The Morgan fingerprint density at radius 1 is 0.582 bits per heavy atom. The molecule has 3 atom stereocenters. The van der Waals surface area contributed by atoms with Crippen molar-refractivity contribution in [3.63, 3.8) is 0 Å². The van der Waals surface area contributed by atoms with Crippen molar-refractivity contribution in [2.75, 3.05) is 0 Å². The minimum absolute atomic E-state index is 0.00688. The third kappa shape index (κ3) is 13.8. The first-order valence-electron chi connectivity index (χ1n) is 25.5. The van der Waals surface area contributed by atoms with Crippen LogP contribution in [0.5, 0.6) is 0 Å². The first kappa shape index (κ1) is 54.1. The van der Waals surface area contributed by atoms with Gasteiger partial charge in [-0.25, -0.2) is 0 Å². The summed E-state index contributed by atoms with van der Waals surface area (Å²) >= 11 is 0. The van der Waals surface area contributed by atoms with Crippen LogP contribution in [0.3, 0.4) is 0 Å². The molecule has 0 aromatic heterocycles. The monoisotopic (exact) mass is 891 g/mol. The van der Waals surface area contributed by atoms with Gasteiger partial charge in [0.2, 0.25) is 0 Å². The standard InChI is InChI=1S/C39H42.C8H12.C8H10.C7H8.C3H8.C2H6/c1-9-12-30-23(2)19-24(3)35-21-28(15-17-32(30)35)26(5)27(6)29-16-18-34-36(22-29)39(7,8)37-20-25(4)31-13-10-11-14-33(31)38(34)37;1-7-3-5-8(2)6-4-7;1-7-4-3-5-8(2)6-7;1-7-5-3-2-4-6-7;1-3-2;1-2/h9-18,20-22,24,26-27H,19H2,1-8H3;3,5H,4,6H2,1-2H3;3-6H,1-2H3;2-6H,1H3;3H2,1-2H3;1-2H3/b12-9-;;;;;. The van der Waals surface area contributed by atoms with E-state index in [0.29, 0.717) is 17.8 Å². The Labute approximate surface area is 410 Å². The molecule has 67 heavy (non-hydrogen) atoms. The molecule has 0 bridgehead atoms. The van der Waals surface area contributed by atoms with Crippen LogP contribution < -0.4 is 0 Å². The van der Waals surface area contributed by atoms with Crippen molar-refractivity contribution in [2.24, 2.45) is 0 Å². The zero-order valence-corrected chi connectivity index (χ0v) is 44.9. The minimum Gasteiger partial charge on any atom is -0.0870 e.